The predicted octanol–water partition coefficient (Wildman–Crippen LogP) is 3.67. The van der Waals surface area contributed by atoms with Gasteiger partial charge >= 0.3 is 5.97 Å². The second-order valence-corrected chi connectivity index (χ2v) is 5.63. The number of rotatable bonds is 5. The van der Waals surface area contributed by atoms with Crippen LogP contribution >= 0.6 is 11.3 Å². The van der Waals surface area contributed by atoms with Gasteiger partial charge in [-0.2, -0.15) is 0 Å². The van der Waals surface area contributed by atoms with E-state index >= 15 is 0 Å². The molecule has 96 valence electrons. The summed E-state index contributed by atoms with van der Waals surface area (Å²) in [5.41, 5.74) is 1.03. The van der Waals surface area contributed by atoms with E-state index < -0.39 is 5.97 Å². The van der Waals surface area contributed by atoms with Crippen LogP contribution in [0.5, 0.6) is 0 Å². The number of carbonyl (C=O) groups is 1. The molecule has 3 nitrogen and oxygen atoms in total. The zero-order chi connectivity index (χ0) is 13.1. The van der Waals surface area contributed by atoms with Gasteiger partial charge in [0.2, 0.25) is 0 Å². The zero-order valence-corrected chi connectivity index (χ0v) is 11.3. The van der Waals surface area contributed by atoms with Crippen LogP contribution < -0.4 is 5.32 Å². The van der Waals surface area contributed by atoms with E-state index in [2.05, 4.69) is 17.4 Å². The van der Waals surface area contributed by atoms with Crippen molar-refractivity contribution in [1.29, 1.82) is 0 Å². The highest BCUT2D eigenvalue weighted by atomic mass is 32.1. The van der Waals surface area contributed by atoms with Crippen molar-refractivity contribution in [3.8, 4) is 0 Å². The Bertz CT molecular complexity index is 547. The second-order valence-electron chi connectivity index (χ2n) is 4.72. The van der Waals surface area contributed by atoms with Gasteiger partial charge in [-0.05, 0) is 12.0 Å². The first-order valence-corrected chi connectivity index (χ1v) is 6.90. The van der Waals surface area contributed by atoms with Crippen LogP contribution in [-0.2, 0) is 4.79 Å². The van der Waals surface area contributed by atoms with Crippen LogP contribution in [0.3, 0.4) is 0 Å². The van der Waals surface area contributed by atoms with E-state index in [1.807, 2.05) is 31.4 Å². The van der Waals surface area contributed by atoms with E-state index in [0.717, 1.165) is 11.1 Å². The Morgan fingerprint density at radius 1 is 1.39 bits per heavy atom. The molecule has 1 unspecified atom stereocenters. The summed E-state index contributed by atoms with van der Waals surface area (Å²) in [6.45, 7) is 4.34. The summed E-state index contributed by atoms with van der Waals surface area (Å²) >= 11 is 1.67. The molecular formula is C14H17NO2S. The number of carboxylic acids is 1. The molecule has 1 aromatic heterocycles. The molecule has 18 heavy (non-hydrogen) atoms. The molecule has 0 aliphatic heterocycles. The van der Waals surface area contributed by atoms with Gasteiger partial charge < -0.3 is 10.4 Å². The summed E-state index contributed by atoms with van der Waals surface area (Å²) in [4.78, 5) is 11.1. The lowest BCUT2D eigenvalue weighted by Gasteiger charge is -2.17. The molecule has 2 N–H and O–H groups in total. The number of carboxylic acid groups (broad SMARTS) is 1. The van der Waals surface area contributed by atoms with E-state index in [9.17, 15) is 4.79 Å². The number of anilines is 1. The maximum atomic E-state index is 11.1. The van der Waals surface area contributed by atoms with E-state index in [4.69, 9.17) is 5.11 Å². The molecule has 2 aromatic rings. The number of hydrogen-bond acceptors (Lipinski definition) is 3. The van der Waals surface area contributed by atoms with Gasteiger partial charge in [-0.1, -0.05) is 32.0 Å². The van der Waals surface area contributed by atoms with Crippen molar-refractivity contribution < 1.29 is 9.90 Å². The molecule has 0 spiro atoms. The minimum absolute atomic E-state index is 0.125. The summed E-state index contributed by atoms with van der Waals surface area (Å²) < 4.78 is 1.22. The van der Waals surface area contributed by atoms with Crippen molar-refractivity contribution in [2.75, 3.05) is 11.9 Å². The fourth-order valence-electron chi connectivity index (χ4n) is 1.94. The number of thiophene rings is 1. The number of hydrogen-bond donors (Lipinski definition) is 2. The molecule has 0 fully saturated rings. The van der Waals surface area contributed by atoms with Gasteiger partial charge in [-0.3, -0.25) is 4.79 Å². The van der Waals surface area contributed by atoms with Gasteiger partial charge in [-0.15, -0.1) is 11.3 Å². The molecule has 0 saturated heterocycles. The highest BCUT2D eigenvalue weighted by Gasteiger charge is 2.21. The van der Waals surface area contributed by atoms with Crippen LogP contribution in [-0.4, -0.2) is 17.6 Å². The third-order valence-corrected chi connectivity index (χ3v) is 4.08. The fourth-order valence-corrected chi connectivity index (χ4v) is 2.86. The fraction of sp³-hybridized carbons (Fsp3) is 0.357. The summed E-state index contributed by atoms with van der Waals surface area (Å²) in [7, 11) is 0. The Hall–Kier alpha value is -1.55. The molecule has 1 aromatic carbocycles. The highest BCUT2D eigenvalue weighted by molar-refractivity contribution is 7.17. The molecule has 0 radical (unpaired) electrons. The van der Waals surface area contributed by atoms with Gasteiger partial charge in [0.1, 0.15) is 0 Å². The van der Waals surface area contributed by atoms with Crippen LogP contribution in [0.1, 0.15) is 13.8 Å². The Labute approximate surface area is 110 Å². The Balaban J connectivity index is 2.12. The van der Waals surface area contributed by atoms with Crippen LogP contribution in [0.25, 0.3) is 10.1 Å². The van der Waals surface area contributed by atoms with E-state index in [-0.39, 0.29) is 11.8 Å². The van der Waals surface area contributed by atoms with Crippen molar-refractivity contribution in [3.05, 3.63) is 29.6 Å². The SMILES string of the molecule is CC(C)C(CNc1csc2ccccc12)C(=O)O. The van der Waals surface area contributed by atoms with Crippen molar-refractivity contribution in [3.63, 3.8) is 0 Å². The first-order valence-electron chi connectivity index (χ1n) is 6.02. The normalized spacial score (nSPS) is 12.8. The monoisotopic (exact) mass is 263 g/mol. The number of aliphatic carboxylic acids is 1. The number of nitrogens with one attached hydrogen (secondary N) is 1. The van der Waals surface area contributed by atoms with Gasteiger partial charge in [-0.25, -0.2) is 0 Å². The largest absolute Gasteiger partial charge is 0.481 e. The van der Waals surface area contributed by atoms with Gasteiger partial charge in [0.15, 0.2) is 0 Å². The highest BCUT2D eigenvalue weighted by Crippen LogP contribution is 2.30. The van der Waals surface area contributed by atoms with Crippen molar-refractivity contribution in [2.24, 2.45) is 11.8 Å². The maximum Gasteiger partial charge on any atom is 0.308 e. The van der Waals surface area contributed by atoms with E-state index in [1.165, 1.54) is 4.70 Å². The molecule has 0 amide bonds. The minimum atomic E-state index is -0.739. The molecule has 4 heteroatoms. The van der Waals surface area contributed by atoms with Crippen LogP contribution in [0.15, 0.2) is 29.6 Å². The molecule has 0 saturated carbocycles. The number of fused-ring (bicyclic) bond motifs is 1. The second kappa shape index (κ2) is 5.40. The molecule has 0 bridgehead atoms. The van der Waals surface area contributed by atoms with E-state index in [0.29, 0.717) is 6.54 Å². The molecule has 0 aliphatic rings. The molecule has 1 heterocycles. The van der Waals surface area contributed by atoms with Gasteiger partial charge in [0, 0.05) is 22.0 Å². The van der Waals surface area contributed by atoms with Crippen LogP contribution in [0.2, 0.25) is 0 Å². The maximum absolute atomic E-state index is 11.1. The van der Waals surface area contributed by atoms with Gasteiger partial charge in [0.05, 0.1) is 11.6 Å². The van der Waals surface area contributed by atoms with E-state index in [1.54, 1.807) is 11.3 Å². The summed E-state index contributed by atoms with van der Waals surface area (Å²) in [5, 5.41) is 15.6. The quantitative estimate of drug-likeness (QED) is 0.865. The average Bonchev–Trinajstić information content (AvgIpc) is 2.72. The summed E-state index contributed by atoms with van der Waals surface area (Å²) in [5.74, 6) is -0.972. The third-order valence-electron chi connectivity index (χ3n) is 3.12. The van der Waals surface area contributed by atoms with Crippen molar-refractivity contribution in [2.45, 2.75) is 13.8 Å². The molecular weight excluding hydrogens is 246 g/mol. The Morgan fingerprint density at radius 2 is 2.11 bits per heavy atom. The minimum Gasteiger partial charge on any atom is -0.481 e. The lowest BCUT2D eigenvalue weighted by molar-refractivity contribution is -0.142. The molecule has 1 atom stereocenters. The summed E-state index contributed by atoms with van der Waals surface area (Å²) in [6, 6.07) is 8.13. The lowest BCUT2D eigenvalue weighted by atomic mass is 9.96. The lowest BCUT2D eigenvalue weighted by Crippen LogP contribution is -2.27. The zero-order valence-electron chi connectivity index (χ0n) is 10.5. The topological polar surface area (TPSA) is 49.3 Å². The first kappa shape index (κ1) is 12.9. The Morgan fingerprint density at radius 3 is 2.78 bits per heavy atom. The standard InChI is InChI=1S/C14H17NO2S/c1-9(2)11(14(16)17)7-15-12-8-18-13-6-4-3-5-10(12)13/h3-6,8-9,11,15H,7H2,1-2H3,(H,16,17). The van der Waals surface area contributed by atoms with Gasteiger partial charge in [0.25, 0.3) is 0 Å². The van der Waals surface area contributed by atoms with Crippen molar-refractivity contribution in [1.82, 2.24) is 0 Å². The van der Waals surface area contributed by atoms with Crippen molar-refractivity contribution >= 4 is 33.1 Å². The average molecular weight is 263 g/mol. The summed E-state index contributed by atoms with van der Waals surface area (Å²) in [6.07, 6.45) is 0. The third kappa shape index (κ3) is 2.64. The van der Waals surface area contributed by atoms with Crippen LogP contribution in [0, 0.1) is 11.8 Å². The predicted molar refractivity (Wildman–Crippen MR) is 76.3 cm³/mol. The molecule has 0 aliphatic carbocycles. The number of benzene rings is 1. The first-order chi connectivity index (χ1) is 8.59. The smallest absolute Gasteiger partial charge is 0.308 e. The van der Waals surface area contributed by atoms with Crippen LogP contribution in [0.4, 0.5) is 5.69 Å². The molecule has 2 rings (SSSR count). The Kier molecular flexibility index (Phi) is 3.87.